The van der Waals surface area contributed by atoms with Gasteiger partial charge in [-0.1, -0.05) is 38.2 Å². The molecule has 0 aromatic carbocycles. The minimum Gasteiger partial charge on any atom is -0.0914 e. The lowest BCUT2D eigenvalue weighted by molar-refractivity contribution is 0.741. The van der Waals surface area contributed by atoms with E-state index in [-0.39, 0.29) is 0 Å². The Bertz CT molecular complexity index is 109. The molecule has 0 N–H and O–H groups in total. The van der Waals surface area contributed by atoms with E-state index in [1.165, 1.54) is 6.42 Å². The van der Waals surface area contributed by atoms with E-state index in [0.29, 0.717) is 5.92 Å². The van der Waals surface area contributed by atoms with Crippen molar-refractivity contribution in [2.45, 2.75) is 33.6 Å². The predicted molar refractivity (Wildman–Crippen MR) is 48.0 cm³/mol. The predicted octanol–water partition coefficient (Wildman–Crippen LogP) is 3.55. The molecule has 0 spiro atoms. The van der Waals surface area contributed by atoms with Gasteiger partial charge in [0.1, 0.15) is 0 Å². The molecule has 0 saturated carbocycles. The lowest BCUT2D eigenvalue weighted by atomic mass is 10.1. The topological polar surface area (TPSA) is 0 Å². The van der Waals surface area contributed by atoms with Crippen LogP contribution in [0.1, 0.15) is 33.6 Å². The summed E-state index contributed by atoms with van der Waals surface area (Å²) in [5.41, 5.74) is 0. The quantitative estimate of drug-likeness (QED) is 0.521. The lowest BCUT2D eigenvalue weighted by Gasteiger charge is -1.98. The van der Waals surface area contributed by atoms with E-state index in [9.17, 15) is 0 Å². The highest BCUT2D eigenvalue weighted by Gasteiger charge is 1.89. The summed E-state index contributed by atoms with van der Waals surface area (Å²) in [6.45, 7) is 6.47. The van der Waals surface area contributed by atoms with E-state index in [2.05, 4.69) is 45.1 Å². The molecule has 10 heavy (non-hydrogen) atoms. The average molecular weight is 138 g/mol. The number of allylic oxidation sites excluding steroid dienone is 4. The molecule has 0 heteroatoms. The first-order chi connectivity index (χ1) is 4.81. The summed E-state index contributed by atoms with van der Waals surface area (Å²) in [6.07, 6.45) is 11.2. The van der Waals surface area contributed by atoms with Crippen molar-refractivity contribution in [3.8, 4) is 0 Å². The zero-order valence-corrected chi connectivity index (χ0v) is 7.30. The standard InChI is InChI=1S/C10H18/c1-4-6-7-9-10(3)8-5-2/h5-8,10H,4,9H2,1-3H3/b7-6+,8-5+. The smallest absolute Gasteiger partial charge is 0.0227 e. The molecule has 58 valence electrons. The fraction of sp³-hybridized carbons (Fsp3) is 0.600. The summed E-state index contributed by atoms with van der Waals surface area (Å²) in [5, 5.41) is 0. The van der Waals surface area contributed by atoms with Gasteiger partial charge < -0.3 is 0 Å². The maximum Gasteiger partial charge on any atom is -0.0227 e. The lowest BCUT2D eigenvalue weighted by Crippen LogP contribution is -1.84. The second-order valence-electron chi connectivity index (χ2n) is 2.62. The van der Waals surface area contributed by atoms with E-state index >= 15 is 0 Å². The van der Waals surface area contributed by atoms with Gasteiger partial charge in [0.2, 0.25) is 0 Å². The third-order valence-electron chi connectivity index (χ3n) is 1.43. The van der Waals surface area contributed by atoms with Crippen LogP contribution >= 0.6 is 0 Å². The SMILES string of the molecule is C/C=C/C(C)C/C=C/CC. The Morgan fingerprint density at radius 3 is 2.50 bits per heavy atom. The van der Waals surface area contributed by atoms with Crippen molar-refractivity contribution in [1.82, 2.24) is 0 Å². The minimum absolute atomic E-state index is 0.702. The monoisotopic (exact) mass is 138 g/mol. The van der Waals surface area contributed by atoms with Gasteiger partial charge in [-0.2, -0.15) is 0 Å². The Hall–Kier alpha value is -0.520. The molecule has 0 aliphatic carbocycles. The van der Waals surface area contributed by atoms with Gasteiger partial charge >= 0.3 is 0 Å². The molecule has 0 heterocycles. The fourth-order valence-electron chi connectivity index (χ4n) is 0.885. The molecule has 0 saturated heterocycles. The van der Waals surface area contributed by atoms with Gasteiger partial charge in [-0.25, -0.2) is 0 Å². The van der Waals surface area contributed by atoms with Crippen LogP contribution in [0.2, 0.25) is 0 Å². The van der Waals surface area contributed by atoms with Crippen molar-refractivity contribution in [2.24, 2.45) is 5.92 Å². The highest BCUT2D eigenvalue weighted by Crippen LogP contribution is 2.04. The van der Waals surface area contributed by atoms with Crippen LogP contribution in [-0.2, 0) is 0 Å². The molecular formula is C10H18. The Morgan fingerprint density at radius 1 is 1.30 bits per heavy atom. The molecule has 1 atom stereocenters. The summed E-state index contributed by atoms with van der Waals surface area (Å²) in [4.78, 5) is 0. The van der Waals surface area contributed by atoms with Crippen LogP contribution < -0.4 is 0 Å². The molecule has 0 rings (SSSR count). The zero-order valence-electron chi connectivity index (χ0n) is 7.30. The van der Waals surface area contributed by atoms with Crippen molar-refractivity contribution in [2.75, 3.05) is 0 Å². The zero-order chi connectivity index (χ0) is 7.82. The molecule has 1 unspecified atom stereocenters. The van der Waals surface area contributed by atoms with Crippen molar-refractivity contribution < 1.29 is 0 Å². The third kappa shape index (κ3) is 5.61. The Balaban J connectivity index is 3.38. The van der Waals surface area contributed by atoms with E-state index in [1.54, 1.807) is 0 Å². The number of hydrogen-bond acceptors (Lipinski definition) is 0. The van der Waals surface area contributed by atoms with Crippen LogP contribution in [0.25, 0.3) is 0 Å². The number of hydrogen-bond donors (Lipinski definition) is 0. The van der Waals surface area contributed by atoms with Crippen LogP contribution in [0.4, 0.5) is 0 Å². The summed E-state index contributed by atoms with van der Waals surface area (Å²) >= 11 is 0. The van der Waals surface area contributed by atoms with Gasteiger partial charge in [0, 0.05) is 0 Å². The van der Waals surface area contributed by atoms with Crippen molar-refractivity contribution in [3.05, 3.63) is 24.3 Å². The van der Waals surface area contributed by atoms with Gasteiger partial charge in [-0.05, 0) is 25.7 Å². The van der Waals surface area contributed by atoms with Gasteiger partial charge in [0.15, 0.2) is 0 Å². The maximum absolute atomic E-state index is 2.25. The highest BCUT2D eigenvalue weighted by atomic mass is 13.9. The Labute approximate surface area is 64.6 Å². The van der Waals surface area contributed by atoms with E-state index in [1.807, 2.05) is 0 Å². The largest absolute Gasteiger partial charge is 0.0914 e. The van der Waals surface area contributed by atoms with Crippen molar-refractivity contribution in [1.29, 1.82) is 0 Å². The van der Waals surface area contributed by atoms with Gasteiger partial charge in [0.25, 0.3) is 0 Å². The van der Waals surface area contributed by atoms with Crippen LogP contribution in [0.15, 0.2) is 24.3 Å². The molecule has 0 aromatic heterocycles. The molecule has 0 bridgehead atoms. The molecule has 0 amide bonds. The maximum atomic E-state index is 2.25. The average Bonchev–Trinajstić information content (AvgIpc) is 1.89. The van der Waals surface area contributed by atoms with Crippen LogP contribution in [-0.4, -0.2) is 0 Å². The minimum atomic E-state index is 0.702. The van der Waals surface area contributed by atoms with E-state index in [0.717, 1.165) is 6.42 Å². The van der Waals surface area contributed by atoms with Crippen molar-refractivity contribution in [3.63, 3.8) is 0 Å². The van der Waals surface area contributed by atoms with Crippen LogP contribution in [0.3, 0.4) is 0 Å². The van der Waals surface area contributed by atoms with Gasteiger partial charge in [0.05, 0.1) is 0 Å². The summed E-state index contributed by atoms with van der Waals surface area (Å²) in [7, 11) is 0. The molecular weight excluding hydrogens is 120 g/mol. The summed E-state index contributed by atoms with van der Waals surface area (Å²) < 4.78 is 0. The first-order valence-corrected chi connectivity index (χ1v) is 4.09. The third-order valence-corrected chi connectivity index (χ3v) is 1.43. The molecule has 0 fully saturated rings. The molecule has 0 aliphatic rings. The van der Waals surface area contributed by atoms with Gasteiger partial charge in [-0.3, -0.25) is 0 Å². The van der Waals surface area contributed by atoms with E-state index in [4.69, 9.17) is 0 Å². The van der Waals surface area contributed by atoms with E-state index < -0.39 is 0 Å². The van der Waals surface area contributed by atoms with Gasteiger partial charge in [-0.15, -0.1) is 0 Å². The van der Waals surface area contributed by atoms with Crippen molar-refractivity contribution >= 4 is 0 Å². The fourth-order valence-corrected chi connectivity index (χ4v) is 0.885. The molecule has 0 radical (unpaired) electrons. The second kappa shape index (κ2) is 6.60. The second-order valence-corrected chi connectivity index (χ2v) is 2.62. The molecule has 0 aromatic rings. The van der Waals surface area contributed by atoms with Crippen LogP contribution in [0, 0.1) is 5.92 Å². The summed E-state index contributed by atoms with van der Waals surface area (Å²) in [6, 6.07) is 0. The first kappa shape index (κ1) is 9.48. The molecule has 0 nitrogen and oxygen atoms in total. The molecule has 0 aliphatic heterocycles. The summed E-state index contributed by atoms with van der Waals surface area (Å²) in [5.74, 6) is 0.702. The van der Waals surface area contributed by atoms with Crippen LogP contribution in [0.5, 0.6) is 0 Å². The highest BCUT2D eigenvalue weighted by molar-refractivity contribution is 4.90. The first-order valence-electron chi connectivity index (χ1n) is 4.09. The Morgan fingerprint density at radius 2 is 2.00 bits per heavy atom. The Kier molecular flexibility index (Phi) is 6.25. The normalized spacial score (nSPS) is 15.1. The number of rotatable bonds is 4.